The molecule has 0 bridgehead atoms. The Morgan fingerprint density at radius 2 is 2.05 bits per heavy atom. The van der Waals surface area contributed by atoms with Crippen LogP contribution in [0.2, 0.25) is 0 Å². The molecule has 0 amide bonds. The van der Waals surface area contributed by atoms with Gasteiger partial charge in [-0.25, -0.2) is 0 Å². The predicted octanol–water partition coefficient (Wildman–Crippen LogP) is 4.99. The zero-order valence-electron chi connectivity index (χ0n) is 12.4. The van der Waals surface area contributed by atoms with Gasteiger partial charge in [0.1, 0.15) is 0 Å². The van der Waals surface area contributed by atoms with Crippen molar-refractivity contribution in [2.75, 3.05) is 13.2 Å². The van der Waals surface area contributed by atoms with Crippen LogP contribution in [-0.4, -0.2) is 19.3 Å². The van der Waals surface area contributed by atoms with Crippen LogP contribution in [0.1, 0.15) is 43.9 Å². The van der Waals surface area contributed by atoms with Crippen LogP contribution in [0.4, 0.5) is 0 Å². The summed E-state index contributed by atoms with van der Waals surface area (Å²) in [6.45, 7) is 8.35. The number of hydrogen-bond acceptors (Lipinski definition) is 2. The lowest BCUT2D eigenvalue weighted by atomic mass is 9.86. The van der Waals surface area contributed by atoms with Crippen LogP contribution < -0.4 is 5.32 Å². The minimum absolute atomic E-state index is 0.346. The van der Waals surface area contributed by atoms with Crippen LogP contribution in [0.3, 0.4) is 0 Å². The van der Waals surface area contributed by atoms with Crippen molar-refractivity contribution in [3.05, 3.63) is 32.2 Å². The molecule has 20 heavy (non-hydrogen) atoms. The molecule has 3 atom stereocenters. The summed E-state index contributed by atoms with van der Waals surface area (Å²) in [6.07, 6.45) is 2.58. The van der Waals surface area contributed by atoms with E-state index in [9.17, 15) is 0 Å². The van der Waals surface area contributed by atoms with Gasteiger partial charge in [-0.3, -0.25) is 0 Å². The maximum absolute atomic E-state index is 5.89. The second-order valence-corrected chi connectivity index (χ2v) is 7.14. The Labute approximate surface area is 138 Å². The van der Waals surface area contributed by atoms with Crippen LogP contribution in [0.25, 0.3) is 0 Å². The molecule has 1 fully saturated rings. The fraction of sp³-hybridized carbons (Fsp3) is 0.625. The molecule has 1 aromatic rings. The first-order valence-corrected chi connectivity index (χ1v) is 8.97. The fourth-order valence-electron chi connectivity index (χ4n) is 3.08. The van der Waals surface area contributed by atoms with Crippen LogP contribution >= 0.6 is 31.9 Å². The smallest absolute Gasteiger partial charge is 0.0619 e. The van der Waals surface area contributed by atoms with Gasteiger partial charge >= 0.3 is 0 Å². The molecule has 1 aliphatic rings. The van der Waals surface area contributed by atoms with Crippen molar-refractivity contribution in [3.63, 3.8) is 0 Å². The van der Waals surface area contributed by atoms with Gasteiger partial charge in [0, 0.05) is 27.5 Å². The molecule has 0 spiro atoms. The molecule has 4 heteroatoms. The first-order valence-electron chi connectivity index (χ1n) is 7.39. The summed E-state index contributed by atoms with van der Waals surface area (Å²) in [5.74, 6) is 0.547. The van der Waals surface area contributed by atoms with Crippen molar-refractivity contribution in [1.82, 2.24) is 5.32 Å². The number of ether oxygens (including phenoxy) is 1. The second kappa shape index (κ2) is 7.39. The van der Waals surface area contributed by atoms with Gasteiger partial charge in [0.05, 0.1) is 6.10 Å². The van der Waals surface area contributed by atoms with Gasteiger partial charge in [-0.1, -0.05) is 45.7 Å². The molecule has 1 heterocycles. The molecule has 0 aromatic heterocycles. The molecule has 1 N–H and O–H groups in total. The van der Waals surface area contributed by atoms with Crippen LogP contribution in [0.15, 0.2) is 21.1 Å². The molecule has 0 aliphatic carbocycles. The largest absolute Gasteiger partial charge is 0.378 e. The first-order chi connectivity index (χ1) is 9.58. The third-order valence-electron chi connectivity index (χ3n) is 4.13. The van der Waals surface area contributed by atoms with Crippen LogP contribution in [0, 0.1) is 12.8 Å². The Morgan fingerprint density at radius 3 is 2.70 bits per heavy atom. The van der Waals surface area contributed by atoms with E-state index in [2.05, 4.69) is 70.1 Å². The molecule has 1 saturated heterocycles. The number of halogens is 2. The molecular weight excluding hydrogens is 382 g/mol. The average Bonchev–Trinajstić information content (AvgIpc) is 2.88. The lowest BCUT2D eigenvalue weighted by Gasteiger charge is -2.29. The van der Waals surface area contributed by atoms with E-state index in [0.717, 1.165) is 26.0 Å². The summed E-state index contributed by atoms with van der Waals surface area (Å²) in [6, 6.07) is 4.79. The van der Waals surface area contributed by atoms with E-state index in [4.69, 9.17) is 4.74 Å². The summed E-state index contributed by atoms with van der Waals surface area (Å²) in [5.41, 5.74) is 2.59. The highest BCUT2D eigenvalue weighted by atomic mass is 79.9. The Kier molecular flexibility index (Phi) is 6.09. The first kappa shape index (κ1) is 16.5. The predicted molar refractivity (Wildman–Crippen MR) is 91.1 cm³/mol. The zero-order valence-corrected chi connectivity index (χ0v) is 15.6. The van der Waals surface area contributed by atoms with E-state index < -0.39 is 0 Å². The summed E-state index contributed by atoms with van der Waals surface area (Å²) in [5, 5.41) is 3.66. The summed E-state index contributed by atoms with van der Waals surface area (Å²) < 4.78 is 8.25. The lowest BCUT2D eigenvalue weighted by molar-refractivity contribution is 0.0775. The maximum Gasteiger partial charge on any atom is 0.0619 e. The van der Waals surface area contributed by atoms with E-state index in [1.165, 1.54) is 20.1 Å². The Hall–Kier alpha value is 0.1000. The minimum Gasteiger partial charge on any atom is -0.378 e. The number of hydrogen-bond donors (Lipinski definition) is 1. The molecule has 2 rings (SSSR count). The molecule has 2 nitrogen and oxygen atoms in total. The summed E-state index contributed by atoms with van der Waals surface area (Å²) in [4.78, 5) is 0. The number of nitrogens with one attached hydrogen (secondary N) is 1. The van der Waals surface area contributed by atoms with Crippen molar-refractivity contribution in [2.45, 2.75) is 45.8 Å². The van der Waals surface area contributed by atoms with Crippen molar-refractivity contribution >= 4 is 31.9 Å². The van der Waals surface area contributed by atoms with Gasteiger partial charge < -0.3 is 10.1 Å². The molecule has 3 unspecified atom stereocenters. The van der Waals surface area contributed by atoms with Crippen molar-refractivity contribution < 1.29 is 4.74 Å². The average molecular weight is 405 g/mol. The second-order valence-electron chi connectivity index (χ2n) is 5.43. The standard InChI is InChI=1S/C16H23Br2NO/c1-4-15-11(6-7-20-15)16(19-5-2)12-9-13(17)10(3)8-14(12)18/h8-9,11,15-16,19H,4-7H2,1-3H3. The third-order valence-corrected chi connectivity index (χ3v) is 5.67. The van der Waals surface area contributed by atoms with Crippen LogP contribution in [0.5, 0.6) is 0 Å². The molecule has 1 aromatic carbocycles. The quantitative estimate of drug-likeness (QED) is 0.746. The van der Waals surface area contributed by atoms with Gasteiger partial charge in [-0.15, -0.1) is 0 Å². The van der Waals surface area contributed by atoms with E-state index in [0.29, 0.717) is 18.1 Å². The lowest BCUT2D eigenvalue weighted by Crippen LogP contribution is -2.33. The van der Waals surface area contributed by atoms with E-state index in [1.54, 1.807) is 0 Å². The molecule has 1 aliphatic heterocycles. The topological polar surface area (TPSA) is 21.3 Å². The summed E-state index contributed by atoms with van der Waals surface area (Å²) >= 11 is 7.40. The van der Waals surface area contributed by atoms with Crippen molar-refractivity contribution in [3.8, 4) is 0 Å². The number of aryl methyl sites for hydroxylation is 1. The van der Waals surface area contributed by atoms with E-state index >= 15 is 0 Å². The molecule has 112 valence electrons. The minimum atomic E-state index is 0.346. The highest BCUT2D eigenvalue weighted by molar-refractivity contribution is 9.11. The van der Waals surface area contributed by atoms with E-state index in [1.807, 2.05) is 0 Å². The summed E-state index contributed by atoms with van der Waals surface area (Å²) in [7, 11) is 0. The van der Waals surface area contributed by atoms with E-state index in [-0.39, 0.29) is 0 Å². The van der Waals surface area contributed by atoms with Crippen LogP contribution in [-0.2, 0) is 4.74 Å². The van der Waals surface area contributed by atoms with Gasteiger partial charge in [0.2, 0.25) is 0 Å². The normalized spacial score (nSPS) is 24.1. The number of benzene rings is 1. The Morgan fingerprint density at radius 1 is 1.30 bits per heavy atom. The van der Waals surface area contributed by atoms with Crippen molar-refractivity contribution in [2.24, 2.45) is 5.92 Å². The van der Waals surface area contributed by atoms with Gasteiger partial charge in [0.25, 0.3) is 0 Å². The maximum atomic E-state index is 5.89. The third kappa shape index (κ3) is 3.46. The highest BCUT2D eigenvalue weighted by Crippen LogP contribution is 2.39. The van der Waals surface area contributed by atoms with Gasteiger partial charge in [-0.05, 0) is 49.6 Å². The fourth-order valence-corrected chi connectivity index (χ4v) is 4.14. The molecular formula is C16H23Br2NO. The molecule has 0 radical (unpaired) electrons. The Bertz CT molecular complexity index is 464. The number of rotatable bonds is 5. The molecule has 0 saturated carbocycles. The van der Waals surface area contributed by atoms with Gasteiger partial charge in [-0.2, -0.15) is 0 Å². The van der Waals surface area contributed by atoms with Crippen molar-refractivity contribution in [1.29, 1.82) is 0 Å². The monoisotopic (exact) mass is 403 g/mol. The zero-order chi connectivity index (χ0) is 14.7. The Balaban J connectivity index is 2.35. The highest BCUT2D eigenvalue weighted by Gasteiger charge is 2.35. The SMILES string of the molecule is CCNC(c1cc(Br)c(C)cc1Br)C1CCOC1CC. The van der Waals surface area contributed by atoms with Gasteiger partial charge in [0.15, 0.2) is 0 Å².